The van der Waals surface area contributed by atoms with Gasteiger partial charge in [0.1, 0.15) is 47.1 Å². The van der Waals surface area contributed by atoms with Gasteiger partial charge in [-0.05, 0) is 99.6 Å². The number of hydrogen-bond acceptors (Lipinski definition) is 17. The number of aromatic nitrogens is 2. The summed E-state index contributed by atoms with van der Waals surface area (Å²) in [6.45, 7) is 12.5. The van der Waals surface area contributed by atoms with Crippen LogP contribution in [0.5, 0.6) is 0 Å². The van der Waals surface area contributed by atoms with Gasteiger partial charge in [0.25, 0.3) is 23.6 Å². The summed E-state index contributed by atoms with van der Waals surface area (Å²) in [6, 6.07) is 4.73. The first-order valence-corrected chi connectivity index (χ1v) is 30.0. The smallest absolute Gasteiger partial charge is 0.329 e. The molecule has 78 heavy (non-hydrogen) atoms. The molecule has 2 aromatic heterocycles. The second-order valence-electron chi connectivity index (χ2n) is 18.6. The molecule has 4 bridgehead atoms. The highest BCUT2D eigenvalue weighted by molar-refractivity contribution is 8.13. The van der Waals surface area contributed by atoms with Crippen molar-refractivity contribution in [3.63, 3.8) is 0 Å². The Morgan fingerprint density at radius 2 is 1.12 bits per heavy atom. The number of carbonyl (C=O) groups is 9. The minimum absolute atomic E-state index is 0.0167. The van der Waals surface area contributed by atoms with E-state index >= 15 is 0 Å². The molecule has 4 atom stereocenters. The van der Waals surface area contributed by atoms with Gasteiger partial charge in [0, 0.05) is 22.0 Å². The number of nitrogens with one attached hydrogen (secondary N) is 6. The van der Waals surface area contributed by atoms with Crippen LogP contribution in [-0.2, 0) is 56.1 Å². The van der Waals surface area contributed by atoms with Crippen LogP contribution in [0.1, 0.15) is 139 Å². The second kappa shape index (κ2) is 35.6. The average Bonchev–Trinajstić information content (AvgIpc) is 3.41. The zero-order chi connectivity index (χ0) is 57.7. The van der Waals surface area contributed by atoms with Gasteiger partial charge in [-0.3, -0.25) is 33.6 Å². The highest BCUT2D eigenvalue weighted by Crippen LogP contribution is 2.21. The number of cyclic esters (lactones) is 2. The van der Waals surface area contributed by atoms with Gasteiger partial charge in [-0.15, -0.1) is 23.5 Å². The van der Waals surface area contributed by atoms with Crippen LogP contribution in [0.2, 0.25) is 0 Å². The molecule has 6 N–H and O–H groups in total. The molecule has 426 valence electrons. The monoisotopic (exact) mass is 1150 g/mol. The summed E-state index contributed by atoms with van der Waals surface area (Å²) in [4.78, 5) is 126. The summed E-state index contributed by atoms with van der Waals surface area (Å²) in [5, 5.41) is 16.2. The van der Waals surface area contributed by atoms with E-state index in [1.807, 2.05) is 12.5 Å². The third-order valence-electron chi connectivity index (χ3n) is 11.6. The number of esters is 2. The zero-order valence-electron chi connectivity index (χ0n) is 46.0. The first-order valence-electron chi connectivity index (χ1n) is 26.0. The number of hydrogen-bond donors (Lipinski definition) is 7. The third kappa shape index (κ3) is 23.6. The molecule has 4 rings (SSSR count). The number of ether oxygens (including phenoxy) is 2. The van der Waals surface area contributed by atoms with E-state index in [2.05, 4.69) is 61.4 Å². The number of nitrogens with zero attached hydrogens (tertiary/aromatic N) is 2. The Morgan fingerprint density at radius 3 is 1.51 bits per heavy atom. The molecule has 2 aromatic rings. The number of unbranched alkanes of at least 4 members (excludes halogenated alkanes) is 3. The number of thiol groups is 1. The molecule has 6 amide bonds. The number of thioether (sulfide) groups is 3. The summed E-state index contributed by atoms with van der Waals surface area (Å²) in [7, 11) is 0. The lowest BCUT2D eigenvalue weighted by Crippen LogP contribution is -2.48. The lowest BCUT2D eigenvalue weighted by Gasteiger charge is -2.24. The van der Waals surface area contributed by atoms with E-state index in [-0.39, 0.29) is 77.5 Å². The largest absolute Gasteiger partial charge is 0.456 e. The number of carbonyl (C=O) groups excluding carboxylic acids is 9. The van der Waals surface area contributed by atoms with Crippen molar-refractivity contribution in [2.45, 2.75) is 153 Å². The maximum absolute atomic E-state index is 13.2. The van der Waals surface area contributed by atoms with Gasteiger partial charge >= 0.3 is 11.9 Å². The van der Waals surface area contributed by atoms with E-state index in [0.29, 0.717) is 42.2 Å². The number of amides is 6. The Labute approximate surface area is 476 Å². The molecule has 0 saturated carbocycles. The van der Waals surface area contributed by atoms with Crippen LogP contribution in [0, 0.1) is 11.8 Å². The Hall–Kier alpha value is -5.91. The topological polar surface area (TPSA) is 270 Å². The quantitative estimate of drug-likeness (QED) is 0.0221. The van der Waals surface area contributed by atoms with Crippen LogP contribution in [0.15, 0.2) is 81.9 Å². The lowest BCUT2D eigenvalue weighted by molar-refractivity contribution is -0.153. The standard InChI is InChI=1S/C31H44N4O6S2.C24H32N4O5S2/c1-6-8-9-10-14-27(37)43-15-12-11-13-22-17-26(36)32-19-21-16-23(42-5)18-25(33-21)30(39)34-24(7-2)29(38)35-28(20(3)4)31(40)41-22;1-5-18-22(30)28-21(14(2)3)24(32)33-16(8-6-7-9-34)11-20(29)25-13-15-10-17(35-4)12-19(26-15)23(31)27-18/h7,11,13,16,18,20,22,28H,6,8-10,12,14-15,17,19H2,1-5H3,(H,32,36)(H,34,39)(H,35,38);5-6,8,10,12,14,16,21,34H,7,9,11,13H2,1-4H3,(H,25,29)(H,27,31)(H,28,30)/b13-11+,24-7-;8-6+,18-5-/t22-,28+;16-,21+/m11/s1. The molecule has 2 aliphatic heterocycles. The first-order chi connectivity index (χ1) is 37.2. The summed E-state index contributed by atoms with van der Waals surface area (Å²) in [5.41, 5.74) is 1.09. The van der Waals surface area contributed by atoms with Crippen LogP contribution < -0.4 is 31.9 Å². The highest BCUT2D eigenvalue weighted by atomic mass is 32.2. The first kappa shape index (κ1) is 66.4. The van der Waals surface area contributed by atoms with Crippen LogP contribution in [0.4, 0.5) is 0 Å². The lowest BCUT2D eigenvalue weighted by atomic mass is 10.0. The van der Waals surface area contributed by atoms with Crippen molar-refractivity contribution in [2.24, 2.45) is 11.8 Å². The fraction of sp³-hybridized carbons (Fsp3) is 0.509. The van der Waals surface area contributed by atoms with Crippen molar-refractivity contribution in [2.75, 3.05) is 24.0 Å². The van der Waals surface area contributed by atoms with Crippen LogP contribution >= 0.6 is 47.9 Å². The van der Waals surface area contributed by atoms with Crippen molar-refractivity contribution in [3.8, 4) is 0 Å². The van der Waals surface area contributed by atoms with Gasteiger partial charge in [0.15, 0.2) is 5.12 Å². The number of rotatable bonds is 16. The van der Waals surface area contributed by atoms with E-state index < -0.39 is 59.9 Å². The van der Waals surface area contributed by atoms with E-state index in [4.69, 9.17) is 9.47 Å². The minimum atomic E-state index is -1.03. The number of pyridine rings is 2. The summed E-state index contributed by atoms with van der Waals surface area (Å²) in [6.07, 6.45) is 17.5. The fourth-order valence-corrected chi connectivity index (χ4v) is 9.19. The highest BCUT2D eigenvalue weighted by Gasteiger charge is 2.32. The summed E-state index contributed by atoms with van der Waals surface area (Å²) in [5.74, 6) is -4.04. The van der Waals surface area contributed by atoms with Crippen molar-refractivity contribution in [3.05, 3.63) is 94.9 Å². The maximum atomic E-state index is 13.2. The van der Waals surface area contributed by atoms with Gasteiger partial charge in [-0.25, -0.2) is 19.6 Å². The summed E-state index contributed by atoms with van der Waals surface area (Å²) < 4.78 is 11.3. The Morgan fingerprint density at radius 1 is 0.667 bits per heavy atom. The molecule has 4 heterocycles. The molecule has 19 nitrogen and oxygen atoms in total. The van der Waals surface area contributed by atoms with Crippen molar-refractivity contribution >= 4 is 100 Å². The van der Waals surface area contributed by atoms with Gasteiger partial charge < -0.3 is 41.4 Å². The Bertz CT molecular complexity index is 2550. The normalized spacial score (nSPS) is 20.6. The molecular formula is C55H76N8O11S4. The van der Waals surface area contributed by atoms with Crippen molar-refractivity contribution in [1.29, 1.82) is 0 Å². The van der Waals surface area contributed by atoms with Crippen LogP contribution in [0.25, 0.3) is 0 Å². The number of fused-ring (bicyclic) bond motifs is 4. The van der Waals surface area contributed by atoms with E-state index in [9.17, 15) is 43.2 Å². The molecule has 0 radical (unpaired) electrons. The molecule has 0 spiro atoms. The molecule has 0 aliphatic carbocycles. The SMILES string of the molecule is C/C=C1\NC(=O)c2cc(SC)cc(n2)CNC(=O)C[C@@H](/C=C/CCS)OC(=O)[C@H](C(C)C)NC1=O.C/C=C1\NC(=O)c2cc(SC)cc(n2)CNC(=O)C[C@@H](/C=C/CCSC(=O)CCCCCC)OC(=O)[C@H](C(C)C)NC1=O. The van der Waals surface area contributed by atoms with Gasteiger partial charge in [0.05, 0.1) is 37.3 Å². The maximum Gasteiger partial charge on any atom is 0.329 e. The molecule has 0 aromatic carbocycles. The van der Waals surface area contributed by atoms with Crippen LogP contribution in [0.3, 0.4) is 0 Å². The molecule has 0 unspecified atom stereocenters. The molecule has 0 fully saturated rings. The van der Waals surface area contributed by atoms with Gasteiger partial charge in [-0.2, -0.15) is 12.6 Å². The van der Waals surface area contributed by atoms with E-state index in [1.165, 1.54) is 47.4 Å². The zero-order valence-corrected chi connectivity index (χ0v) is 49.3. The molecule has 23 heteroatoms. The van der Waals surface area contributed by atoms with Crippen LogP contribution in [-0.4, -0.2) is 111 Å². The number of allylic oxidation sites excluding steroid dienone is 4. The fourth-order valence-electron chi connectivity index (χ4n) is 7.31. The molecular weight excluding hydrogens is 1080 g/mol. The minimum Gasteiger partial charge on any atom is -0.456 e. The van der Waals surface area contributed by atoms with E-state index in [0.717, 1.165) is 35.5 Å². The van der Waals surface area contributed by atoms with Crippen molar-refractivity contribution in [1.82, 2.24) is 41.9 Å². The Balaban J connectivity index is 0.000000419. The van der Waals surface area contributed by atoms with E-state index in [1.54, 1.807) is 90.1 Å². The van der Waals surface area contributed by atoms with Gasteiger partial charge in [0.2, 0.25) is 11.8 Å². The Kier molecular flexibility index (Phi) is 30.3. The third-order valence-corrected chi connectivity index (χ3v) is 14.3. The van der Waals surface area contributed by atoms with Gasteiger partial charge in [-0.1, -0.05) is 89.9 Å². The predicted molar refractivity (Wildman–Crippen MR) is 308 cm³/mol. The average molecular weight is 1150 g/mol. The molecule has 2 aliphatic rings. The predicted octanol–water partition coefficient (Wildman–Crippen LogP) is 7.07. The summed E-state index contributed by atoms with van der Waals surface area (Å²) >= 11 is 8.29. The molecule has 0 saturated heterocycles. The second-order valence-corrected chi connectivity index (χ2v) is 21.9. The van der Waals surface area contributed by atoms with Crippen molar-refractivity contribution < 1.29 is 52.6 Å².